The van der Waals surface area contributed by atoms with Gasteiger partial charge in [0.15, 0.2) is 5.75 Å². The van der Waals surface area contributed by atoms with Crippen molar-refractivity contribution in [1.82, 2.24) is 10.0 Å². The number of esters is 1. The molecule has 1 atom stereocenters. The van der Waals surface area contributed by atoms with E-state index in [-0.39, 0.29) is 12.0 Å². The molecule has 0 N–H and O–H groups in total. The van der Waals surface area contributed by atoms with E-state index in [4.69, 9.17) is 9.57 Å². The van der Waals surface area contributed by atoms with Gasteiger partial charge in [-0.1, -0.05) is 0 Å². The van der Waals surface area contributed by atoms with Crippen LogP contribution in [0.1, 0.15) is 39.2 Å². The summed E-state index contributed by atoms with van der Waals surface area (Å²) in [6, 6.07) is 1.49. The number of nitrogens with zero attached hydrogens (tertiary/aromatic N) is 2. The summed E-state index contributed by atoms with van der Waals surface area (Å²) in [6.07, 6.45) is 6.12. The molecular weight excluding hydrogens is 256 g/mol. The molecule has 0 aromatic carbocycles. The smallest absolute Gasteiger partial charge is 0.327 e. The highest BCUT2D eigenvalue weighted by Gasteiger charge is 2.36. The molecule has 1 aliphatic rings. The van der Waals surface area contributed by atoms with Crippen LogP contribution in [0.4, 0.5) is 0 Å². The largest absolute Gasteiger partial charge is 0.459 e. The first-order chi connectivity index (χ1) is 9.37. The van der Waals surface area contributed by atoms with Crippen LogP contribution in [0.2, 0.25) is 0 Å². The Balaban J connectivity index is 2.04. The summed E-state index contributed by atoms with van der Waals surface area (Å²) in [7, 11) is 0. The van der Waals surface area contributed by atoms with E-state index in [2.05, 4.69) is 11.2 Å². The zero-order valence-electron chi connectivity index (χ0n) is 12.5. The predicted octanol–water partition coefficient (Wildman–Crippen LogP) is 2.29. The van der Waals surface area contributed by atoms with Gasteiger partial charge in [0.1, 0.15) is 17.8 Å². The lowest BCUT2D eigenvalue weighted by atomic mass is 10.2. The van der Waals surface area contributed by atoms with E-state index < -0.39 is 5.60 Å². The van der Waals surface area contributed by atoms with Gasteiger partial charge in [0.25, 0.3) is 0 Å². The van der Waals surface area contributed by atoms with Gasteiger partial charge in [0.05, 0.1) is 0 Å². The van der Waals surface area contributed by atoms with Crippen LogP contribution >= 0.6 is 0 Å². The third kappa shape index (κ3) is 3.70. The Morgan fingerprint density at radius 2 is 2.25 bits per heavy atom. The third-order valence-corrected chi connectivity index (χ3v) is 3.01. The van der Waals surface area contributed by atoms with Crippen LogP contribution in [0.5, 0.6) is 5.75 Å². The molecule has 1 aromatic heterocycles. The van der Waals surface area contributed by atoms with Crippen molar-refractivity contribution in [2.45, 2.75) is 52.2 Å². The lowest BCUT2D eigenvalue weighted by molar-refractivity contribution is -0.172. The number of aryl methyl sites for hydroxylation is 1. The number of hydrogen-bond acceptors (Lipinski definition) is 5. The van der Waals surface area contributed by atoms with Crippen molar-refractivity contribution < 1.29 is 14.4 Å². The summed E-state index contributed by atoms with van der Waals surface area (Å²) in [5.74, 6) is 0.319. The molecule has 0 spiro atoms. The minimum atomic E-state index is -0.484. The number of hydrogen-bond donors (Lipinski definition) is 0. The normalized spacial score (nSPS) is 19.9. The second kappa shape index (κ2) is 5.79. The highest BCUT2D eigenvalue weighted by Crippen LogP contribution is 2.24. The van der Waals surface area contributed by atoms with Gasteiger partial charge in [-0.3, -0.25) is 9.78 Å². The molecule has 1 unspecified atom stereocenters. The Hall–Kier alpha value is -1.62. The molecule has 5 nitrogen and oxygen atoms in total. The van der Waals surface area contributed by atoms with Gasteiger partial charge in [0.2, 0.25) is 0 Å². The first-order valence-corrected chi connectivity index (χ1v) is 6.87. The number of ether oxygens (including phenoxy) is 1. The lowest BCUT2D eigenvalue weighted by Crippen LogP contribution is -2.42. The summed E-state index contributed by atoms with van der Waals surface area (Å²) in [5.41, 5.74) is 0.455. The second-order valence-electron chi connectivity index (χ2n) is 5.99. The van der Waals surface area contributed by atoms with Gasteiger partial charge in [-0.15, -0.1) is 5.06 Å². The van der Waals surface area contributed by atoms with Gasteiger partial charge in [-0.05, 0) is 52.2 Å². The van der Waals surface area contributed by atoms with E-state index in [0.29, 0.717) is 12.3 Å². The molecule has 2 rings (SSSR count). The van der Waals surface area contributed by atoms with Crippen LogP contribution in [0.3, 0.4) is 0 Å². The van der Waals surface area contributed by atoms with E-state index in [9.17, 15) is 4.79 Å². The second-order valence-corrected chi connectivity index (χ2v) is 5.99. The Bertz CT molecular complexity index is 482. The molecule has 109 valence electrons. The summed E-state index contributed by atoms with van der Waals surface area (Å²) >= 11 is 0. The lowest BCUT2D eigenvalue weighted by Gasteiger charge is -2.27. The molecule has 0 amide bonds. The Morgan fingerprint density at radius 3 is 2.90 bits per heavy atom. The van der Waals surface area contributed by atoms with Gasteiger partial charge < -0.3 is 9.57 Å². The fourth-order valence-electron chi connectivity index (χ4n) is 2.07. The van der Waals surface area contributed by atoms with Crippen molar-refractivity contribution in [3.05, 3.63) is 24.0 Å². The van der Waals surface area contributed by atoms with Crippen molar-refractivity contribution in [3.63, 3.8) is 0 Å². The van der Waals surface area contributed by atoms with E-state index in [1.54, 1.807) is 11.3 Å². The standard InChI is InChI=1S/C15H21N2O3/c1-11-7-8-16-10-13(11)20-17-9-5-6-12(17)14(18)19-15(2,3)4/h7-8,12H,5-6,9H2,1-4H3. The fourth-order valence-corrected chi connectivity index (χ4v) is 2.07. The topological polar surface area (TPSA) is 51.7 Å². The maximum atomic E-state index is 12.2. The highest BCUT2D eigenvalue weighted by atomic mass is 16.7. The predicted molar refractivity (Wildman–Crippen MR) is 74.0 cm³/mol. The molecule has 0 aliphatic carbocycles. The summed E-state index contributed by atoms with van der Waals surface area (Å²) < 4.78 is 5.43. The van der Waals surface area contributed by atoms with E-state index in [1.807, 2.05) is 33.8 Å². The van der Waals surface area contributed by atoms with Crippen molar-refractivity contribution in [2.75, 3.05) is 6.54 Å². The highest BCUT2D eigenvalue weighted by molar-refractivity contribution is 5.76. The molecule has 1 saturated heterocycles. The maximum Gasteiger partial charge on any atom is 0.327 e. The number of carbonyl (C=O) groups is 1. The number of rotatable bonds is 3. The van der Waals surface area contributed by atoms with Gasteiger partial charge >= 0.3 is 5.97 Å². The number of hydroxylamine groups is 2. The molecular formula is C15H21N2O3. The maximum absolute atomic E-state index is 12.2. The van der Waals surface area contributed by atoms with Gasteiger partial charge in [0, 0.05) is 12.7 Å². The van der Waals surface area contributed by atoms with E-state index >= 15 is 0 Å². The van der Waals surface area contributed by atoms with Gasteiger partial charge in [-0.25, -0.2) is 0 Å². The van der Waals surface area contributed by atoms with Crippen molar-refractivity contribution in [1.29, 1.82) is 0 Å². The van der Waals surface area contributed by atoms with E-state index in [1.165, 1.54) is 0 Å². The molecule has 1 radical (unpaired) electrons. The molecule has 20 heavy (non-hydrogen) atoms. The number of pyridine rings is 1. The van der Waals surface area contributed by atoms with Crippen molar-refractivity contribution in [2.24, 2.45) is 0 Å². The van der Waals surface area contributed by atoms with Crippen LogP contribution in [0.15, 0.2) is 12.3 Å². The zero-order valence-corrected chi connectivity index (χ0v) is 12.5. The van der Waals surface area contributed by atoms with Gasteiger partial charge in [-0.2, -0.15) is 0 Å². The minimum absolute atomic E-state index is 0.239. The Kier molecular flexibility index (Phi) is 4.28. The molecule has 1 fully saturated rings. The minimum Gasteiger partial charge on any atom is -0.459 e. The zero-order chi connectivity index (χ0) is 14.8. The molecule has 2 heterocycles. The third-order valence-electron chi connectivity index (χ3n) is 3.01. The first-order valence-electron chi connectivity index (χ1n) is 6.87. The molecule has 1 aliphatic heterocycles. The van der Waals surface area contributed by atoms with Crippen molar-refractivity contribution >= 4 is 5.97 Å². The summed E-state index contributed by atoms with van der Waals surface area (Å²) in [6.45, 7) is 8.22. The Labute approximate surface area is 119 Å². The van der Waals surface area contributed by atoms with Crippen molar-refractivity contribution in [3.8, 4) is 5.75 Å². The van der Waals surface area contributed by atoms with Crippen LogP contribution in [-0.4, -0.2) is 34.2 Å². The molecule has 0 bridgehead atoms. The number of aromatic nitrogens is 1. The first kappa shape index (κ1) is 14.8. The van der Waals surface area contributed by atoms with E-state index in [0.717, 1.165) is 18.4 Å². The molecule has 0 saturated carbocycles. The molecule has 1 aromatic rings. The van der Waals surface area contributed by atoms with Crippen LogP contribution < -0.4 is 4.84 Å². The Morgan fingerprint density at radius 1 is 1.50 bits per heavy atom. The average molecular weight is 277 g/mol. The number of carbonyl (C=O) groups excluding carboxylic acids is 1. The fraction of sp³-hybridized carbons (Fsp3) is 0.600. The van der Waals surface area contributed by atoms with Crippen LogP contribution in [0.25, 0.3) is 0 Å². The summed E-state index contributed by atoms with van der Waals surface area (Å²) in [5, 5.41) is 1.68. The molecule has 5 heteroatoms. The summed E-state index contributed by atoms with van der Waals surface area (Å²) in [4.78, 5) is 21.9. The van der Waals surface area contributed by atoms with Crippen LogP contribution in [0, 0.1) is 13.1 Å². The quantitative estimate of drug-likeness (QED) is 0.793. The average Bonchev–Trinajstić information content (AvgIpc) is 2.78. The SMILES string of the molecule is Cc1ccn[c]c1ON1CCCC1C(=O)OC(C)(C)C. The monoisotopic (exact) mass is 277 g/mol. The van der Waals surface area contributed by atoms with Crippen LogP contribution in [-0.2, 0) is 9.53 Å².